The zero-order valence-electron chi connectivity index (χ0n) is 9.13. The first kappa shape index (κ1) is 11.1. The van der Waals surface area contributed by atoms with Gasteiger partial charge in [0.25, 0.3) is 0 Å². The van der Waals surface area contributed by atoms with Gasteiger partial charge in [-0.05, 0) is 43.2 Å². The fourth-order valence-corrected chi connectivity index (χ4v) is 3.14. The number of rotatable bonds is 1. The summed E-state index contributed by atoms with van der Waals surface area (Å²) in [5.74, 6) is 0.870. The number of aryl methyl sites for hydroxylation is 1. The fourth-order valence-electron chi connectivity index (χ4n) is 2.50. The van der Waals surface area contributed by atoms with Gasteiger partial charge in [-0.2, -0.15) is 0 Å². The van der Waals surface area contributed by atoms with E-state index < -0.39 is 0 Å². The maximum absolute atomic E-state index is 13.7. The average molecular weight is 271 g/mol. The van der Waals surface area contributed by atoms with Crippen LogP contribution < -0.4 is 0 Å². The Bertz CT molecular complexity index is 362. The minimum absolute atomic E-state index is 0.0425. The number of alkyl halides is 1. The molecule has 0 spiro atoms. The molecule has 0 nitrogen and oxygen atoms in total. The molecule has 1 fully saturated rings. The SMILES string of the molecule is Cc1ccc(F)c(C2CCC(Br)C2C)c1. The predicted molar refractivity (Wildman–Crippen MR) is 65.0 cm³/mol. The normalized spacial score (nSPS) is 30.8. The molecule has 3 atom stereocenters. The molecule has 1 aliphatic carbocycles. The van der Waals surface area contributed by atoms with Crippen molar-refractivity contribution in [2.75, 3.05) is 0 Å². The first-order chi connectivity index (χ1) is 7.09. The summed E-state index contributed by atoms with van der Waals surface area (Å²) in [6.07, 6.45) is 2.25. The van der Waals surface area contributed by atoms with E-state index in [1.165, 1.54) is 0 Å². The van der Waals surface area contributed by atoms with Crippen LogP contribution in [0.15, 0.2) is 18.2 Å². The smallest absolute Gasteiger partial charge is 0.126 e. The maximum Gasteiger partial charge on any atom is 0.126 e. The Balaban J connectivity index is 2.33. The highest BCUT2D eigenvalue weighted by Crippen LogP contribution is 2.43. The zero-order valence-corrected chi connectivity index (χ0v) is 10.7. The number of benzene rings is 1. The van der Waals surface area contributed by atoms with E-state index in [-0.39, 0.29) is 5.82 Å². The molecular weight excluding hydrogens is 255 g/mol. The molecule has 1 aliphatic rings. The van der Waals surface area contributed by atoms with Gasteiger partial charge in [0.1, 0.15) is 5.82 Å². The summed E-state index contributed by atoms with van der Waals surface area (Å²) in [6.45, 7) is 4.23. The van der Waals surface area contributed by atoms with Gasteiger partial charge in [-0.25, -0.2) is 4.39 Å². The van der Waals surface area contributed by atoms with Crippen molar-refractivity contribution in [2.45, 2.75) is 37.4 Å². The van der Waals surface area contributed by atoms with Crippen LogP contribution in [0.2, 0.25) is 0 Å². The molecule has 0 aromatic heterocycles. The second kappa shape index (κ2) is 4.25. The third kappa shape index (κ3) is 2.10. The summed E-state index contributed by atoms with van der Waals surface area (Å²) in [6, 6.07) is 5.44. The lowest BCUT2D eigenvalue weighted by Gasteiger charge is -2.18. The average Bonchev–Trinajstić information content (AvgIpc) is 2.52. The maximum atomic E-state index is 13.7. The summed E-state index contributed by atoms with van der Waals surface area (Å²) in [7, 11) is 0. The van der Waals surface area contributed by atoms with Crippen LogP contribution in [-0.4, -0.2) is 4.83 Å². The van der Waals surface area contributed by atoms with Crippen LogP contribution in [0, 0.1) is 18.7 Å². The molecule has 1 aromatic carbocycles. The molecule has 0 bridgehead atoms. The lowest BCUT2D eigenvalue weighted by atomic mass is 9.89. The van der Waals surface area contributed by atoms with Crippen LogP contribution in [0.4, 0.5) is 4.39 Å². The summed E-state index contributed by atoms with van der Waals surface area (Å²) < 4.78 is 13.7. The fraction of sp³-hybridized carbons (Fsp3) is 0.538. The molecule has 0 radical (unpaired) electrons. The molecule has 82 valence electrons. The van der Waals surface area contributed by atoms with Crippen LogP contribution in [0.25, 0.3) is 0 Å². The van der Waals surface area contributed by atoms with Gasteiger partial charge in [-0.1, -0.05) is 40.5 Å². The predicted octanol–water partition coefficient (Wildman–Crippen LogP) is 4.41. The Hall–Kier alpha value is -0.370. The highest BCUT2D eigenvalue weighted by atomic mass is 79.9. The first-order valence-corrected chi connectivity index (χ1v) is 6.41. The van der Waals surface area contributed by atoms with Crippen LogP contribution in [-0.2, 0) is 0 Å². The van der Waals surface area contributed by atoms with Gasteiger partial charge in [0, 0.05) is 4.83 Å². The Morgan fingerprint density at radius 3 is 2.67 bits per heavy atom. The standard InChI is InChI=1S/C13H16BrF/c1-8-3-6-13(15)11(7-8)10-4-5-12(14)9(10)2/h3,6-7,9-10,12H,4-5H2,1-2H3. The Morgan fingerprint density at radius 1 is 1.33 bits per heavy atom. The van der Waals surface area contributed by atoms with E-state index in [2.05, 4.69) is 22.9 Å². The molecule has 0 aliphatic heterocycles. The molecule has 1 saturated carbocycles. The van der Waals surface area contributed by atoms with E-state index in [0.717, 1.165) is 24.0 Å². The van der Waals surface area contributed by atoms with Gasteiger partial charge >= 0.3 is 0 Å². The van der Waals surface area contributed by atoms with Gasteiger partial charge in [0.15, 0.2) is 0 Å². The van der Waals surface area contributed by atoms with Crippen LogP contribution in [0.3, 0.4) is 0 Å². The summed E-state index contributed by atoms with van der Waals surface area (Å²) in [4.78, 5) is 0.544. The van der Waals surface area contributed by atoms with Crippen molar-refractivity contribution in [3.05, 3.63) is 35.1 Å². The number of hydrogen-bond acceptors (Lipinski definition) is 0. The Morgan fingerprint density at radius 2 is 2.07 bits per heavy atom. The summed E-state index contributed by atoms with van der Waals surface area (Å²) in [5.41, 5.74) is 2.06. The molecular formula is C13H16BrF. The van der Waals surface area contributed by atoms with Gasteiger partial charge in [-0.15, -0.1) is 0 Å². The molecule has 1 aromatic rings. The van der Waals surface area contributed by atoms with Crippen LogP contribution in [0.1, 0.15) is 36.8 Å². The molecule has 0 saturated heterocycles. The van der Waals surface area contributed by atoms with E-state index >= 15 is 0 Å². The number of halogens is 2. The summed E-state index contributed by atoms with van der Waals surface area (Å²) in [5, 5.41) is 0. The minimum atomic E-state index is -0.0425. The zero-order chi connectivity index (χ0) is 11.0. The highest BCUT2D eigenvalue weighted by Gasteiger charge is 2.33. The second-order valence-corrected chi connectivity index (χ2v) is 5.76. The van der Waals surface area contributed by atoms with Crippen molar-refractivity contribution in [2.24, 2.45) is 5.92 Å². The van der Waals surface area contributed by atoms with Gasteiger partial charge in [0.05, 0.1) is 0 Å². The van der Waals surface area contributed by atoms with Crippen molar-refractivity contribution in [3.63, 3.8) is 0 Å². The topological polar surface area (TPSA) is 0 Å². The molecule has 2 heteroatoms. The highest BCUT2D eigenvalue weighted by molar-refractivity contribution is 9.09. The van der Waals surface area contributed by atoms with Crippen molar-refractivity contribution >= 4 is 15.9 Å². The number of hydrogen-bond donors (Lipinski definition) is 0. The van der Waals surface area contributed by atoms with E-state index in [1.807, 2.05) is 19.1 Å². The third-order valence-corrected chi connectivity index (χ3v) is 4.80. The Kier molecular flexibility index (Phi) is 3.15. The third-order valence-electron chi connectivity index (χ3n) is 3.51. The van der Waals surface area contributed by atoms with Gasteiger partial charge < -0.3 is 0 Å². The largest absolute Gasteiger partial charge is 0.207 e. The van der Waals surface area contributed by atoms with Crippen molar-refractivity contribution < 1.29 is 4.39 Å². The van der Waals surface area contributed by atoms with E-state index in [1.54, 1.807) is 6.07 Å². The molecule has 0 amide bonds. The second-order valence-electron chi connectivity index (χ2n) is 4.58. The molecule has 15 heavy (non-hydrogen) atoms. The Labute approximate surface area is 99.0 Å². The van der Waals surface area contributed by atoms with Crippen LogP contribution >= 0.6 is 15.9 Å². The van der Waals surface area contributed by atoms with E-state index in [9.17, 15) is 4.39 Å². The van der Waals surface area contributed by atoms with Crippen molar-refractivity contribution in [3.8, 4) is 0 Å². The molecule has 2 rings (SSSR count). The van der Waals surface area contributed by atoms with Gasteiger partial charge in [-0.3, -0.25) is 0 Å². The lowest BCUT2D eigenvalue weighted by molar-refractivity contribution is 0.508. The van der Waals surface area contributed by atoms with Crippen molar-refractivity contribution in [1.29, 1.82) is 0 Å². The van der Waals surface area contributed by atoms with Gasteiger partial charge in [0.2, 0.25) is 0 Å². The van der Waals surface area contributed by atoms with E-state index in [0.29, 0.717) is 16.7 Å². The minimum Gasteiger partial charge on any atom is -0.207 e. The molecule has 0 N–H and O–H groups in total. The first-order valence-electron chi connectivity index (χ1n) is 5.49. The lowest BCUT2D eigenvalue weighted by Crippen LogP contribution is -2.10. The molecule has 3 unspecified atom stereocenters. The van der Waals surface area contributed by atoms with Crippen LogP contribution in [0.5, 0.6) is 0 Å². The quantitative estimate of drug-likeness (QED) is 0.664. The van der Waals surface area contributed by atoms with Crippen molar-refractivity contribution in [1.82, 2.24) is 0 Å². The molecule has 0 heterocycles. The monoisotopic (exact) mass is 270 g/mol. The summed E-state index contributed by atoms with van der Waals surface area (Å²) >= 11 is 3.66. The van der Waals surface area contributed by atoms with E-state index in [4.69, 9.17) is 0 Å².